The van der Waals surface area contributed by atoms with Crippen LogP contribution in [0, 0.1) is 6.92 Å². The van der Waals surface area contributed by atoms with Crippen molar-refractivity contribution in [3.63, 3.8) is 0 Å². The highest BCUT2D eigenvalue weighted by Crippen LogP contribution is 2.26. The molecule has 0 spiro atoms. The van der Waals surface area contributed by atoms with E-state index in [-0.39, 0.29) is 18.1 Å². The molecule has 1 N–H and O–H groups in total. The number of rotatable bonds is 4. The standard InChI is InChI=1S/C15H19N5O3/c1-11-7-13(17-10-16-11)20-5-4-15(22,9-20)8-19(2)14(21)12-3-6-23-18-12/h3,6-7,10,22H,4-5,8-9H2,1-2H3/t15-/m0/s1. The first-order valence-electron chi connectivity index (χ1n) is 7.39. The van der Waals surface area contributed by atoms with Crippen LogP contribution in [0.5, 0.6) is 0 Å². The third-order valence-corrected chi connectivity index (χ3v) is 3.98. The molecule has 3 rings (SSSR count). The van der Waals surface area contributed by atoms with Crippen LogP contribution in [-0.2, 0) is 0 Å². The van der Waals surface area contributed by atoms with Crippen LogP contribution < -0.4 is 4.90 Å². The van der Waals surface area contributed by atoms with Crippen LogP contribution in [0.1, 0.15) is 22.6 Å². The molecule has 1 saturated heterocycles. The lowest BCUT2D eigenvalue weighted by Crippen LogP contribution is -2.46. The number of aryl methyl sites for hydroxylation is 1. The number of aromatic nitrogens is 3. The predicted octanol–water partition coefficient (Wildman–Crippen LogP) is 0.486. The van der Waals surface area contributed by atoms with Crippen molar-refractivity contribution in [2.75, 3.05) is 31.6 Å². The summed E-state index contributed by atoms with van der Waals surface area (Å²) in [6, 6.07) is 3.39. The highest BCUT2D eigenvalue weighted by Gasteiger charge is 2.38. The van der Waals surface area contributed by atoms with Crippen LogP contribution >= 0.6 is 0 Å². The van der Waals surface area contributed by atoms with E-state index >= 15 is 0 Å². The third kappa shape index (κ3) is 3.31. The summed E-state index contributed by atoms with van der Waals surface area (Å²) in [7, 11) is 1.65. The van der Waals surface area contributed by atoms with Crippen molar-refractivity contribution in [1.29, 1.82) is 0 Å². The summed E-state index contributed by atoms with van der Waals surface area (Å²) in [5.74, 6) is 0.516. The molecule has 0 aromatic carbocycles. The molecule has 2 aromatic heterocycles. The Hall–Kier alpha value is -2.48. The largest absolute Gasteiger partial charge is 0.386 e. The summed E-state index contributed by atoms with van der Waals surface area (Å²) in [6.07, 6.45) is 3.43. The average molecular weight is 317 g/mol. The van der Waals surface area contributed by atoms with Gasteiger partial charge in [-0.05, 0) is 13.3 Å². The maximum absolute atomic E-state index is 12.2. The summed E-state index contributed by atoms with van der Waals surface area (Å²) >= 11 is 0. The molecular formula is C15H19N5O3. The van der Waals surface area contributed by atoms with E-state index < -0.39 is 5.60 Å². The number of carbonyl (C=O) groups is 1. The molecule has 1 aliphatic heterocycles. The lowest BCUT2D eigenvalue weighted by Gasteiger charge is -2.28. The van der Waals surface area contributed by atoms with Gasteiger partial charge < -0.3 is 19.4 Å². The monoisotopic (exact) mass is 317 g/mol. The Bertz CT molecular complexity index is 690. The molecule has 1 fully saturated rings. The van der Waals surface area contributed by atoms with Crippen molar-refractivity contribution in [3.05, 3.63) is 36.1 Å². The fourth-order valence-corrected chi connectivity index (χ4v) is 2.83. The summed E-state index contributed by atoms with van der Waals surface area (Å²) in [4.78, 5) is 24.0. The van der Waals surface area contributed by atoms with Crippen LogP contribution in [0.15, 0.2) is 29.2 Å². The maximum Gasteiger partial charge on any atom is 0.275 e. The molecule has 1 amide bonds. The lowest BCUT2D eigenvalue weighted by molar-refractivity contribution is 0.0260. The van der Waals surface area contributed by atoms with Crippen LogP contribution in [0.4, 0.5) is 5.82 Å². The van der Waals surface area contributed by atoms with Gasteiger partial charge in [-0.1, -0.05) is 5.16 Å². The van der Waals surface area contributed by atoms with Gasteiger partial charge in [0, 0.05) is 38.0 Å². The molecule has 23 heavy (non-hydrogen) atoms. The van der Waals surface area contributed by atoms with E-state index in [2.05, 4.69) is 19.6 Å². The quantitative estimate of drug-likeness (QED) is 0.876. The van der Waals surface area contributed by atoms with Crippen LogP contribution in [0.2, 0.25) is 0 Å². The minimum atomic E-state index is -0.979. The molecule has 1 aliphatic rings. The molecule has 2 aromatic rings. The second kappa shape index (κ2) is 5.96. The summed E-state index contributed by atoms with van der Waals surface area (Å²) in [6.45, 7) is 3.22. The number of hydrogen-bond donors (Lipinski definition) is 1. The zero-order chi connectivity index (χ0) is 16.4. The van der Waals surface area contributed by atoms with Gasteiger partial charge in [0.05, 0.1) is 6.54 Å². The van der Waals surface area contributed by atoms with Gasteiger partial charge >= 0.3 is 0 Å². The Labute approximate surface area is 133 Å². The minimum Gasteiger partial charge on any atom is -0.386 e. The second-order valence-electron chi connectivity index (χ2n) is 5.96. The van der Waals surface area contributed by atoms with Gasteiger partial charge in [0.1, 0.15) is 24.0 Å². The number of anilines is 1. The first-order valence-corrected chi connectivity index (χ1v) is 7.39. The van der Waals surface area contributed by atoms with E-state index in [1.54, 1.807) is 7.05 Å². The van der Waals surface area contributed by atoms with E-state index in [1.165, 1.54) is 23.6 Å². The van der Waals surface area contributed by atoms with E-state index in [1.807, 2.05) is 17.9 Å². The van der Waals surface area contributed by atoms with Gasteiger partial charge in [-0.25, -0.2) is 9.97 Å². The molecule has 122 valence electrons. The molecule has 3 heterocycles. The second-order valence-corrected chi connectivity index (χ2v) is 5.96. The molecule has 0 saturated carbocycles. The topological polar surface area (TPSA) is 95.6 Å². The lowest BCUT2D eigenvalue weighted by atomic mass is 10.0. The van der Waals surface area contributed by atoms with Crippen molar-refractivity contribution < 1.29 is 14.4 Å². The Morgan fingerprint density at radius 3 is 3.04 bits per heavy atom. The third-order valence-electron chi connectivity index (χ3n) is 3.98. The maximum atomic E-state index is 12.2. The number of hydrogen-bond acceptors (Lipinski definition) is 7. The van der Waals surface area contributed by atoms with Gasteiger partial charge in [0.2, 0.25) is 0 Å². The number of β-amino-alcohol motifs (C(OH)–C–C–N with tert-alkyl or cyclic N) is 1. The van der Waals surface area contributed by atoms with Gasteiger partial charge in [-0.2, -0.15) is 0 Å². The molecular weight excluding hydrogens is 298 g/mol. The SMILES string of the molecule is Cc1cc(N2CC[C@](O)(CN(C)C(=O)c3ccon3)C2)ncn1. The summed E-state index contributed by atoms with van der Waals surface area (Å²) in [5, 5.41) is 14.4. The average Bonchev–Trinajstić information content (AvgIpc) is 3.16. The number of nitrogens with zero attached hydrogens (tertiary/aromatic N) is 5. The highest BCUT2D eigenvalue weighted by molar-refractivity contribution is 5.91. The molecule has 8 heteroatoms. The zero-order valence-electron chi connectivity index (χ0n) is 13.1. The molecule has 0 radical (unpaired) electrons. The number of amides is 1. The number of aliphatic hydroxyl groups is 1. The smallest absolute Gasteiger partial charge is 0.275 e. The molecule has 0 bridgehead atoms. The van der Waals surface area contributed by atoms with Crippen molar-refractivity contribution in [3.8, 4) is 0 Å². The Balaban J connectivity index is 1.65. The Morgan fingerprint density at radius 1 is 1.52 bits per heavy atom. The van der Waals surface area contributed by atoms with E-state index in [9.17, 15) is 9.90 Å². The molecule has 1 atom stereocenters. The van der Waals surface area contributed by atoms with Gasteiger partial charge in [0.25, 0.3) is 5.91 Å². The van der Waals surface area contributed by atoms with E-state index in [0.717, 1.165) is 11.5 Å². The Kier molecular flexibility index (Phi) is 3.99. The van der Waals surface area contributed by atoms with Gasteiger partial charge in [0.15, 0.2) is 5.69 Å². The van der Waals surface area contributed by atoms with Crippen LogP contribution in [0.25, 0.3) is 0 Å². The van der Waals surface area contributed by atoms with Crippen molar-refractivity contribution >= 4 is 11.7 Å². The minimum absolute atomic E-state index is 0.221. The number of carbonyl (C=O) groups excluding carboxylic acids is 1. The van der Waals surface area contributed by atoms with E-state index in [0.29, 0.717) is 19.5 Å². The van der Waals surface area contributed by atoms with E-state index in [4.69, 9.17) is 0 Å². The predicted molar refractivity (Wildman–Crippen MR) is 82.0 cm³/mol. The van der Waals surface area contributed by atoms with Crippen molar-refractivity contribution in [1.82, 2.24) is 20.0 Å². The van der Waals surface area contributed by atoms with Crippen LogP contribution in [-0.4, -0.2) is 63.3 Å². The molecule has 0 unspecified atom stereocenters. The molecule has 8 nitrogen and oxygen atoms in total. The fourth-order valence-electron chi connectivity index (χ4n) is 2.83. The highest BCUT2D eigenvalue weighted by atomic mass is 16.5. The first-order chi connectivity index (χ1) is 11.0. The van der Waals surface area contributed by atoms with Gasteiger partial charge in [-0.3, -0.25) is 4.79 Å². The summed E-state index contributed by atoms with van der Waals surface area (Å²) < 4.78 is 4.68. The molecule has 0 aliphatic carbocycles. The van der Waals surface area contributed by atoms with Crippen molar-refractivity contribution in [2.45, 2.75) is 18.9 Å². The Morgan fingerprint density at radius 2 is 2.35 bits per heavy atom. The normalized spacial score (nSPS) is 20.7. The first kappa shape index (κ1) is 15.4. The van der Waals surface area contributed by atoms with Gasteiger partial charge in [-0.15, -0.1) is 0 Å². The number of likely N-dealkylation sites (N-methyl/N-ethyl adjacent to an activating group) is 1. The van der Waals surface area contributed by atoms with Crippen LogP contribution in [0.3, 0.4) is 0 Å². The van der Waals surface area contributed by atoms with Crippen molar-refractivity contribution in [2.24, 2.45) is 0 Å². The fraction of sp³-hybridized carbons (Fsp3) is 0.467. The zero-order valence-corrected chi connectivity index (χ0v) is 13.1. The summed E-state index contributed by atoms with van der Waals surface area (Å²) in [5.41, 5.74) is 0.133.